The summed E-state index contributed by atoms with van der Waals surface area (Å²) in [4.78, 5) is 24.6. The third kappa shape index (κ3) is 6.83. The second-order valence-corrected chi connectivity index (χ2v) is 7.84. The van der Waals surface area contributed by atoms with Crippen LogP contribution >= 0.6 is 0 Å². The van der Waals surface area contributed by atoms with Gasteiger partial charge in [-0.25, -0.2) is 10.2 Å². The van der Waals surface area contributed by atoms with Crippen LogP contribution in [0.3, 0.4) is 0 Å². The Bertz CT molecular complexity index is 1240. The lowest BCUT2D eigenvalue weighted by atomic mass is 10.1. The Morgan fingerprint density at radius 1 is 0.886 bits per heavy atom. The van der Waals surface area contributed by atoms with Gasteiger partial charge < -0.3 is 18.9 Å². The van der Waals surface area contributed by atoms with E-state index in [1.165, 1.54) is 13.3 Å². The standard InChI is InChI=1S/C27H28N2O6/c1-17-6-7-18(2)23(12-17)34-16-25(30)29-28-15-20-8-10-22(11-9-20)35-27(31)21-13-19(3)26(33-5)24(14-21)32-4/h6-15H,16H2,1-5H3,(H,29,30)/b28-15+. The number of esters is 1. The molecule has 1 N–H and O–H groups in total. The van der Waals surface area contributed by atoms with E-state index in [-0.39, 0.29) is 12.5 Å². The summed E-state index contributed by atoms with van der Waals surface area (Å²) in [6.07, 6.45) is 1.49. The normalized spacial score (nSPS) is 10.7. The van der Waals surface area contributed by atoms with Crippen LogP contribution in [0.15, 0.2) is 59.7 Å². The molecule has 8 nitrogen and oxygen atoms in total. The lowest BCUT2D eigenvalue weighted by Gasteiger charge is -2.12. The van der Waals surface area contributed by atoms with Gasteiger partial charge in [-0.3, -0.25) is 4.79 Å². The first-order valence-electron chi connectivity index (χ1n) is 10.9. The minimum atomic E-state index is -0.522. The fraction of sp³-hybridized carbons (Fsp3) is 0.222. The fourth-order valence-corrected chi connectivity index (χ4v) is 3.28. The van der Waals surface area contributed by atoms with Gasteiger partial charge in [-0.05, 0) is 85.5 Å². The van der Waals surface area contributed by atoms with Crippen LogP contribution < -0.4 is 24.4 Å². The molecule has 35 heavy (non-hydrogen) atoms. The number of rotatable bonds is 9. The minimum Gasteiger partial charge on any atom is -0.493 e. The number of amides is 1. The van der Waals surface area contributed by atoms with E-state index in [1.54, 1.807) is 43.5 Å². The number of methoxy groups -OCH3 is 2. The second-order valence-electron chi connectivity index (χ2n) is 7.84. The van der Waals surface area contributed by atoms with E-state index in [1.807, 2.05) is 39.0 Å². The molecule has 0 radical (unpaired) electrons. The van der Waals surface area contributed by atoms with Crippen molar-refractivity contribution in [3.05, 3.63) is 82.4 Å². The zero-order valence-corrected chi connectivity index (χ0v) is 20.4. The number of carbonyl (C=O) groups excluding carboxylic acids is 2. The number of carbonyl (C=O) groups is 2. The van der Waals surface area contributed by atoms with Gasteiger partial charge in [0.15, 0.2) is 18.1 Å². The summed E-state index contributed by atoms with van der Waals surface area (Å²) >= 11 is 0. The van der Waals surface area contributed by atoms with Crippen LogP contribution in [0, 0.1) is 20.8 Å². The van der Waals surface area contributed by atoms with Crippen molar-refractivity contribution in [1.82, 2.24) is 5.43 Å². The maximum Gasteiger partial charge on any atom is 0.343 e. The minimum absolute atomic E-state index is 0.147. The van der Waals surface area contributed by atoms with Crippen LogP contribution in [-0.2, 0) is 4.79 Å². The molecular weight excluding hydrogens is 448 g/mol. The highest BCUT2D eigenvalue weighted by atomic mass is 16.5. The molecule has 182 valence electrons. The smallest absolute Gasteiger partial charge is 0.343 e. The summed E-state index contributed by atoms with van der Waals surface area (Å²) in [6.45, 7) is 5.55. The summed E-state index contributed by atoms with van der Waals surface area (Å²) in [7, 11) is 3.05. The molecule has 0 aliphatic heterocycles. The number of hydrazone groups is 1. The number of hydrogen-bond acceptors (Lipinski definition) is 7. The quantitative estimate of drug-likeness (QED) is 0.213. The van der Waals surface area contributed by atoms with Gasteiger partial charge >= 0.3 is 5.97 Å². The number of nitrogens with zero attached hydrogens (tertiary/aromatic N) is 1. The molecule has 8 heteroatoms. The third-order valence-electron chi connectivity index (χ3n) is 5.10. The highest BCUT2D eigenvalue weighted by Crippen LogP contribution is 2.32. The van der Waals surface area contributed by atoms with Gasteiger partial charge in [0.25, 0.3) is 5.91 Å². The van der Waals surface area contributed by atoms with E-state index in [9.17, 15) is 9.59 Å². The molecular formula is C27H28N2O6. The van der Waals surface area contributed by atoms with E-state index in [4.69, 9.17) is 18.9 Å². The maximum absolute atomic E-state index is 12.6. The van der Waals surface area contributed by atoms with Gasteiger partial charge in [0, 0.05) is 0 Å². The van der Waals surface area contributed by atoms with Crippen molar-refractivity contribution in [3.63, 3.8) is 0 Å². The fourth-order valence-electron chi connectivity index (χ4n) is 3.28. The van der Waals surface area contributed by atoms with Gasteiger partial charge in [0.2, 0.25) is 0 Å². The van der Waals surface area contributed by atoms with Gasteiger partial charge in [0.05, 0.1) is 26.0 Å². The van der Waals surface area contributed by atoms with Crippen LogP contribution in [0.2, 0.25) is 0 Å². The largest absolute Gasteiger partial charge is 0.493 e. The van der Waals surface area contributed by atoms with Gasteiger partial charge in [-0.15, -0.1) is 0 Å². The Kier molecular flexibility index (Phi) is 8.45. The van der Waals surface area contributed by atoms with Crippen molar-refractivity contribution in [1.29, 1.82) is 0 Å². The van der Waals surface area contributed by atoms with Gasteiger partial charge in [0.1, 0.15) is 11.5 Å². The Labute approximate surface area is 204 Å². The van der Waals surface area contributed by atoms with Gasteiger partial charge in [-0.1, -0.05) is 12.1 Å². The number of nitrogens with one attached hydrogen (secondary N) is 1. The molecule has 0 fully saturated rings. The Morgan fingerprint density at radius 2 is 1.63 bits per heavy atom. The molecule has 0 heterocycles. The molecule has 3 aromatic rings. The number of benzene rings is 3. The average Bonchev–Trinajstić information content (AvgIpc) is 2.85. The number of hydrogen-bond donors (Lipinski definition) is 1. The SMILES string of the molecule is COc1cc(C(=O)Oc2ccc(/C=N/NC(=O)COc3cc(C)ccc3C)cc2)cc(C)c1OC. The van der Waals surface area contributed by atoms with E-state index >= 15 is 0 Å². The lowest BCUT2D eigenvalue weighted by Crippen LogP contribution is -2.24. The second kappa shape index (κ2) is 11.7. The van der Waals surface area contributed by atoms with E-state index in [0.717, 1.165) is 16.7 Å². The molecule has 0 bridgehead atoms. The zero-order chi connectivity index (χ0) is 25.4. The molecule has 0 aliphatic rings. The van der Waals surface area contributed by atoms with Crippen LogP contribution in [0.4, 0.5) is 0 Å². The van der Waals surface area contributed by atoms with Crippen LogP contribution in [0.5, 0.6) is 23.0 Å². The Balaban J connectivity index is 1.53. The molecule has 1 amide bonds. The van der Waals surface area contributed by atoms with Crippen molar-refractivity contribution in [2.24, 2.45) is 5.10 Å². The van der Waals surface area contributed by atoms with E-state index in [0.29, 0.717) is 34.1 Å². The van der Waals surface area contributed by atoms with Crippen LogP contribution in [0.25, 0.3) is 0 Å². The third-order valence-corrected chi connectivity index (χ3v) is 5.10. The summed E-state index contributed by atoms with van der Waals surface area (Å²) in [6, 6.07) is 15.8. The molecule has 0 unspecified atom stereocenters. The molecule has 0 aromatic heterocycles. The van der Waals surface area contributed by atoms with Crippen LogP contribution in [-0.4, -0.2) is 38.9 Å². The number of ether oxygens (including phenoxy) is 4. The first-order valence-corrected chi connectivity index (χ1v) is 10.9. The molecule has 3 aromatic carbocycles. The molecule has 0 saturated heterocycles. The number of aryl methyl sites for hydroxylation is 3. The summed E-state index contributed by atoms with van der Waals surface area (Å²) in [5.41, 5.74) is 6.24. The van der Waals surface area contributed by atoms with Crippen molar-refractivity contribution < 1.29 is 28.5 Å². The highest BCUT2D eigenvalue weighted by molar-refractivity contribution is 5.92. The topological polar surface area (TPSA) is 95.5 Å². The van der Waals surface area contributed by atoms with E-state index < -0.39 is 5.97 Å². The maximum atomic E-state index is 12.6. The summed E-state index contributed by atoms with van der Waals surface area (Å²) in [5.74, 6) is 1.15. The monoisotopic (exact) mass is 476 g/mol. The molecule has 0 aliphatic carbocycles. The Hall–Kier alpha value is -4.33. The first-order chi connectivity index (χ1) is 16.8. The van der Waals surface area contributed by atoms with Crippen molar-refractivity contribution >= 4 is 18.1 Å². The zero-order valence-electron chi connectivity index (χ0n) is 20.4. The average molecular weight is 477 g/mol. The highest BCUT2D eigenvalue weighted by Gasteiger charge is 2.15. The predicted octanol–water partition coefficient (Wildman–Crippen LogP) is 4.38. The first kappa shape index (κ1) is 25.3. The van der Waals surface area contributed by atoms with Crippen molar-refractivity contribution in [2.75, 3.05) is 20.8 Å². The lowest BCUT2D eigenvalue weighted by molar-refractivity contribution is -0.123. The molecule has 0 spiro atoms. The Morgan fingerprint density at radius 3 is 2.31 bits per heavy atom. The summed E-state index contributed by atoms with van der Waals surface area (Å²) < 4.78 is 21.6. The molecule has 0 saturated carbocycles. The van der Waals surface area contributed by atoms with Gasteiger partial charge in [-0.2, -0.15) is 5.10 Å². The van der Waals surface area contributed by atoms with E-state index in [2.05, 4.69) is 10.5 Å². The van der Waals surface area contributed by atoms with Crippen molar-refractivity contribution in [2.45, 2.75) is 20.8 Å². The molecule has 0 atom stereocenters. The molecule has 3 rings (SSSR count). The predicted molar refractivity (Wildman–Crippen MR) is 133 cm³/mol. The van der Waals surface area contributed by atoms with Crippen LogP contribution in [0.1, 0.15) is 32.6 Å². The summed E-state index contributed by atoms with van der Waals surface area (Å²) in [5, 5.41) is 3.94. The van der Waals surface area contributed by atoms with Crippen molar-refractivity contribution in [3.8, 4) is 23.0 Å².